The van der Waals surface area contributed by atoms with Crippen LogP contribution in [-0.4, -0.2) is 0 Å². The molecule has 0 bridgehead atoms. The molecule has 0 spiro atoms. The lowest BCUT2D eigenvalue weighted by Gasteiger charge is -2.33. The van der Waals surface area contributed by atoms with E-state index in [-0.39, 0.29) is 0 Å². The second-order valence-corrected chi connectivity index (χ2v) is 5.47. The van der Waals surface area contributed by atoms with Gasteiger partial charge in [0, 0.05) is 15.5 Å². The fourth-order valence-corrected chi connectivity index (χ4v) is 3.26. The van der Waals surface area contributed by atoms with Gasteiger partial charge in [-0.15, -0.1) is 0 Å². The van der Waals surface area contributed by atoms with Crippen LogP contribution in [0.5, 0.6) is 0 Å². The predicted octanol–water partition coefficient (Wildman–Crippen LogP) is 5.83. The van der Waals surface area contributed by atoms with E-state index in [0.29, 0.717) is 0 Å². The SMILES string of the molecule is C=C/C=C(\C=C/C)N1C(C=C)=C(C=C)Sc2ccccc21. The third kappa shape index (κ3) is 2.96. The van der Waals surface area contributed by atoms with E-state index in [1.165, 1.54) is 4.90 Å². The molecule has 1 aliphatic heterocycles. The summed E-state index contributed by atoms with van der Waals surface area (Å²) < 4.78 is 0. The lowest BCUT2D eigenvalue weighted by atomic mass is 10.2. The Kier molecular flexibility index (Phi) is 5.07. The molecule has 1 nitrogen and oxygen atoms in total. The first kappa shape index (κ1) is 15.2. The van der Waals surface area contributed by atoms with Crippen LogP contribution in [-0.2, 0) is 0 Å². The highest BCUT2D eigenvalue weighted by Gasteiger charge is 2.24. The Morgan fingerprint density at radius 2 is 1.90 bits per heavy atom. The van der Waals surface area contributed by atoms with Crippen molar-refractivity contribution in [2.45, 2.75) is 11.8 Å². The molecule has 0 fully saturated rings. The second kappa shape index (κ2) is 7.00. The normalized spacial score (nSPS) is 15.1. The fourth-order valence-electron chi connectivity index (χ4n) is 2.25. The molecule has 0 saturated carbocycles. The maximum Gasteiger partial charge on any atom is 0.0601 e. The van der Waals surface area contributed by atoms with Gasteiger partial charge in [-0.3, -0.25) is 0 Å². The van der Waals surface area contributed by atoms with Crippen LogP contribution in [0.15, 0.2) is 102 Å². The van der Waals surface area contributed by atoms with Crippen LogP contribution in [0.3, 0.4) is 0 Å². The molecular formula is C19H19NS. The van der Waals surface area contributed by atoms with Gasteiger partial charge in [0.25, 0.3) is 0 Å². The zero-order valence-electron chi connectivity index (χ0n) is 12.3. The molecule has 21 heavy (non-hydrogen) atoms. The van der Waals surface area contributed by atoms with Gasteiger partial charge in [0.05, 0.1) is 11.4 Å². The Morgan fingerprint density at radius 1 is 1.14 bits per heavy atom. The van der Waals surface area contributed by atoms with Gasteiger partial charge in [0.2, 0.25) is 0 Å². The van der Waals surface area contributed by atoms with E-state index in [9.17, 15) is 0 Å². The number of hydrogen-bond acceptors (Lipinski definition) is 2. The molecule has 0 radical (unpaired) electrons. The first-order valence-electron chi connectivity index (χ1n) is 6.78. The summed E-state index contributed by atoms with van der Waals surface area (Å²) >= 11 is 1.72. The molecule has 0 atom stereocenters. The Bertz CT molecular complexity index is 662. The monoisotopic (exact) mass is 293 g/mol. The van der Waals surface area contributed by atoms with Gasteiger partial charge in [0.1, 0.15) is 0 Å². The number of hydrogen-bond donors (Lipinski definition) is 0. The van der Waals surface area contributed by atoms with Gasteiger partial charge in [-0.2, -0.15) is 0 Å². The van der Waals surface area contributed by atoms with Crippen LogP contribution in [0, 0.1) is 0 Å². The van der Waals surface area contributed by atoms with Crippen LogP contribution < -0.4 is 4.90 Å². The van der Waals surface area contributed by atoms with E-state index in [1.807, 2.05) is 37.3 Å². The fraction of sp³-hybridized carbons (Fsp3) is 0.0526. The lowest BCUT2D eigenvalue weighted by molar-refractivity contribution is 1.10. The Labute approximate surface area is 131 Å². The number of anilines is 1. The average molecular weight is 293 g/mol. The van der Waals surface area contributed by atoms with Gasteiger partial charge in [0.15, 0.2) is 0 Å². The molecule has 0 unspecified atom stereocenters. The third-order valence-electron chi connectivity index (χ3n) is 3.08. The van der Waals surface area contributed by atoms with Crippen LogP contribution in [0.2, 0.25) is 0 Å². The summed E-state index contributed by atoms with van der Waals surface area (Å²) in [6, 6.07) is 8.34. The second-order valence-electron chi connectivity index (χ2n) is 4.39. The highest BCUT2D eigenvalue weighted by molar-refractivity contribution is 8.03. The number of fused-ring (bicyclic) bond motifs is 1. The number of benzene rings is 1. The summed E-state index contributed by atoms with van der Waals surface area (Å²) in [5.41, 5.74) is 3.24. The van der Waals surface area contributed by atoms with Gasteiger partial charge in [-0.05, 0) is 37.3 Å². The van der Waals surface area contributed by atoms with Gasteiger partial charge < -0.3 is 4.90 Å². The van der Waals surface area contributed by atoms with Crippen molar-refractivity contribution >= 4 is 17.4 Å². The topological polar surface area (TPSA) is 3.24 Å². The van der Waals surface area contributed by atoms with Crippen molar-refractivity contribution in [1.82, 2.24) is 0 Å². The van der Waals surface area contributed by atoms with Crippen molar-refractivity contribution < 1.29 is 0 Å². The highest BCUT2D eigenvalue weighted by Crippen LogP contribution is 2.45. The van der Waals surface area contributed by atoms with Crippen molar-refractivity contribution in [1.29, 1.82) is 0 Å². The number of allylic oxidation sites excluding steroid dienone is 6. The molecule has 1 aliphatic rings. The molecule has 0 aliphatic carbocycles. The smallest absolute Gasteiger partial charge is 0.0601 e. The number of para-hydroxylation sites is 1. The summed E-state index contributed by atoms with van der Waals surface area (Å²) in [7, 11) is 0. The van der Waals surface area contributed by atoms with E-state index < -0.39 is 0 Å². The summed E-state index contributed by atoms with van der Waals surface area (Å²) in [5, 5.41) is 0. The summed E-state index contributed by atoms with van der Waals surface area (Å²) in [5.74, 6) is 0. The lowest BCUT2D eigenvalue weighted by Crippen LogP contribution is -2.23. The van der Waals surface area contributed by atoms with E-state index in [0.717, 1.165) is 22.0 Å². The van der Waals surface area contributed by atoms with E-state index in [2.05, 4.69) is 48.9 Å². The first-order chi connectivity index (χ1) is 10.3. The molecular weight excluding hydrogens is 274 g/mol. The van der Waals surface area contributed by atoms with Gasteiger partial charge in [-0.25, -0.2) is 0 Å². The highest BCUT2D eigenvalue weighted by atomic mass is 32.2. The average Bonchev–Trinajstić information content (AvgIpc) is 2.52. The van der Waals surface area contributed by atoms with Crippen LogP contribution >= 0.6 is 11.8 Å². The van der Waals surface area contributed by atoms with Gasteiger partial charge in [-0.1, -0.05) is 61.9 Å². The molecule has 0 N–H and O–H groups in total. The first-order valence-corrected chi connectivity index (χ1v) is 7.60. The minimum Gasteiger partial charge on any atom is -0.308 e. The van der Waals surface area contributed by atoms with Crippen molar-refractivity contribution in [2.24, 2.45) is 0 Å². The summed E-state index contributed by atoms with van der Waals surface area (Å²) in [6.45, 7) is 13.7. The van der Waals surface area contributed by atoms with Crippen LogP contribution in [0.1, 0.15) is 6.92 Å². The molecule has 0 amide bonds. The number of rotatable bonds is 5. The van der Waals surface area contributed by atoms with Crippen LogP contribution in [0.4, 0.5) is 5.69 Å². The van der Waals surface area contributed by atoms with Crippen molar-refractivity contribution in [3.8, 4) is 0 Å². The minimum absolute atomic E-state index is 1.04. The molecule has 0 saturated heterocycles. The van der Waals surface area contributed by atoms with E-state index in [1.54, 1.807) is 17.8 Å². The van der Waals surface area contributed by atoms with E-state index in [4.69, 9.17) is 0 Å². The zero-order chi connectivity index (χ0) is 15.2. The van der Waals surface area contributed by atoms with Crippen molar-refractivity contribution in [3.63, 3.8) is 0 Å². The van der Waals surface area contributed by atoms with Crippen molar-refractivity contribution in [3.05, 3.63) is 96.8 Å². The molecule has 2 heteroatoms. The molecule has 1 heterocycles. The van der Waals surface area contributed by atoms with Crippen LogP contribution in [0.25, 0.3) is 0 Å². The summed E-state index contributed by atoms with van der Waals surface area (Å²) in [4.78, 5) is 4.50. The van der Waals surface area contributed by atoms with Crippen molar-refractivity contribution in [2.75, 3.05) is 4.90 Å². The van der Waals surface area contributed by atoms with E-state index >= 15 is 0 Å². The summed E-state index contributed by atoms with van der Waals surface area (Å²) in [6.07, 6.45) is 11.6. The standard InChI is InChI=1S/C19H19NS/c1-5-11-15(12-6-2)20-16(7-3)18(8-4)21-19-14-10-9-13-17(19)20/h5-14H,1,3-4H2,2H3/b12-6-,15-11+. The Balaban J connectivity index is 2.71. The Hall–Kier alpha value is -2.19. The maximum atomic E-state index is 3.97. The Morgan fingerprint density at radius 3 is 2.52 bits per heavy atom. The zero-order valence-corrected chi connectivity index (χ0v) is 13.1. The minimum atomic E-state index is 1.04. The molecule has 106 valence electrons. The number of nitrogens with zero attached hydrogens (tertiary/aromatic N) is 1. The van der Waals surface area contributed by atoms with Gasteiger partial charge >= 0.3 is 0 Å². The number of thioether (sulfide) groups is 1. The third-order valence-corrected chi connectivity index (χ3v) is 4.24. The maximum absolute atomic E-state index is 3.97. The predicted molar refractivity (Wildman–Crippen MR) is 95.3 cm³/mol. The molecule has 2 rings (SSSR count). The molecule has 1 aromatic rings. The largest absolute Gasteiger partial charge is 0.308 e. The quantitative estimate of drug-likeness (QED) is 0.628. The molecule has 0 aromatic heterocycles. The molecule has 1 aromatic carbocycles.